The van der Waals surface area contributed by atoms with Crippen molar-refractivity contribution in [3.63, 3.8) is 0 Å². The predicted molar refractivity (Wildman–Crippen MR) is 133 cm³/mol. The zero-order valence-corrected chi connectivity index (χ0v) is 21.9. The van der Waals surface area contributed by atoms with E-state index in [4.69, 9.17) is 14.4 Å². The number of ether oxygens (including phenoxy) is 1. The van der Waals surface area contributed by atoms with Crippen LogP contribution < -0.4 is 5.48 Å². The van der Waals surface area contributed by atoms with E-state index in [2.05, 4.69) is 5.48 Å². The Labute approximate surface area is 217 Å². The highest BCUT2D eigenvalue weighted by molar-refractivity contribution is 6.06. The second-order valence-electron chi connectivity index (χ2n) is 11.2. The number of fused-ring (bicyclic) bond motifs is 1. The molecule has 0 radical (unpaired) electrons. The van der Waals surface area contributed by atoms with Crippen LogP contribution in [0, 0.1) is 11.3 Å². The second-order valence-corrected chi connectivity index (χ2v) is 11.2. The fourth-order valence-electron chi connectivity index (χ4n) is 5.06. The van der Waals surface area contributed by atoms with E-state index in [1.165, 1.54) is 4.90 Å². The number of aliphatic hydroxyl groups excluding tert-OH is 1. The first-order chi connectivity index (χ1) is 17.5. The molecule has 2 N–H and O–H groups in total. The third-order valence-electron chi connectivity index (χ3n) is 7.15. The third kappa shape index (κ3) is 6.04. The van der Waals surface area contributed by atoms with Crippen molar-refractivity contribution in [3.8, 4) is 0 Å². The molecule has 2 heterocycles. The molecule has 202 valence electrons. The van der Waals surface area contributed by atoms with Crippen LogP contribution in [0.2, 0.25) is 0 Å². The van der Waals surface area contributed by atoms with Gasteiger partial charge in [0, 0.05) is 6.54 Å². The van der Waals surface area contributed by atoms with Gasteiger partial charge in [-0.2, -0.15) is 5.48 Å². The van der Waals surface area contributed by atoms with Gasteiger partial charge in [-0.3, -0.25) is 19.3 Å². The van der Waals surface area contributed by atoms with Gasteiger partial charge in [-0.15, -0.1) is 5.06 Å². The summed E-state index contributed by atoms with van der Waals surface area (Å²) in [6, 6.07) is 8.64. The first-order valence-electron chi connectivity index (χ1n) is 12.8. The van der Waals surface area contributed by atoms with Gasteiger partial charge in [0.05, 0.1) is 30.0 Å². The maximum Gasteiger partial charge on any atom is 0.410 e. The lowest BCUT2D eigenvalue weighted by Gasteiger charge is -2.41. The number of hydroxylamine groups is 3. The summed E-state index contributed by atoms with van der Waals surface area (Å²) in [7, 11) is 0. The molecule has 37 heavy (non-hydrogen) atoms. The fourth-order valence-corrected chi connectivity index (χ4v) is 5.06. The van der Waals surface area contributed by atoms with Gasteiger partial charge in [-0.25, -0.2) is 9.63 Å². The van der Waals surface area contributed by atoms with Crippen molar-refractivity contribution in [1.82, 2.24) is 15.4 Å². The summed E-state index contributed by atoms with van der Waals surface area (Å²) in [6.45, 7) is 7.55. The van der Waals surface area contributed by atoms with E-state index in [1.54, 1.807) is 27.7 Å². The molecule has 10 nitrogen and oxygen atoms in total. The van der Waals surface area contributed by atoms with Gasteiger partial charge in [-0.05, 0) is 58.9 Å². The van der Waals surface area contributed by atoms with Gasteiger partial charge in [0.15, 0.2) is 0 Å². The highest BCUT2D eigenvalue weighted by Gasteiger charge is 2.58. The van der Waals surface area contributed by atoms with Crippen molar-refractivity contribution in [2.24, 2.45) is 11.3 Å². The number of benzene rings is 1. The number of likely N-dealkylation sites (tertiary alicyclic amines) is 1. The quantitative estimate of drug-likeness (QED) is 0.246. The van der Waals surface area contributed by atoms with Gasteiger partial charge in [-0.1, -0.05) is 42.5 Å². The molecule has 2 saturated heterocycles. The van der Waals surface area contributed by atoms with Crippen molar-refractivity contribution >= 4 is 17.9 Å². The van der Waals surface area contributed by atoms with Crippen LogP contribution in [-0.2, 0) is 30.6 Å². The number of allylic oxidation sites excluding steroid dienone is 2. The molecule has 0 bridgehead atoms. The van der Waals surface area contributed by atoms with Gasteiger partial charge < -0.3 is 9.84 Å². The minimum atomic E-state index is -1.59. The Balaban J connectivity index is 1.42. The standard InChI is InChI=1S/C27H37N3O7/c1-26(2,3)36-25(34)29-16-19(28-35-17-18-10-6-5-7-11-18)13-14-21(29)23(32)37-30-22(31)20-12-8-9-15-27(20,4)24(30)33/h5-11,19-21,23,28,32H,12-17H2,1-4H3/t19-,20?,21+,23?,27+/m1/s1. The third-order valence-corrected chi connectivity index (χ3v) is 7.15. The lowest BCUT2D eigenvalue weighted by Crippen LogP contribution is -2.58. The van der Waals surface area contributed by atoms with Crippen LogP contribution >= 0.6 is 0 Å². The van der Waals surface area contributed by atoms with Crippen molar-refractivity contribution in [1.29, 1.82) is 0 Å². The van der Waals surface area contributed by atoms with E-state index in [-0.39, 0.29) is 12.6 Å². The van der Waals surface area contributed by atoms with Crippen LogP contribution in [0.15, 0.2) is 42.5 Å². The summed E-state index contributed by atoms with van der Waals surface area (Å²) in [6.07, 6.45) is 3.33. The fraction of sp³-hybridized carbons (Fsp3) is 0.593. The highest BCUT2D eigenvalue weighted by Crippen LogP contribution is 2.46. The zero-order valence-electron chi connectivity index (χ0n) is 21.9. The average Bonchev–Trinajstić information content (AvgIpc) is 3.04. The summed E-state index contributed by atoms with van der Waals surface area (Å²) in [5, 5.41) is 11.7. The summed E-state index contributed by atoms with van der Waals surface area (Å²) in [5.74, 6) is -1.47. The zero-order chi connectivity index (χ0) is 26.8. The Morgan fingerprint density at radius 3 is 2.59 bits per heavy atom. The second kappa shape index (κ2) is 10.9. The van der Waals surface area contributed by atoms with Crippen LogP contribution in [-0.4, -0.2) is 63.5 Å². The van der Waals surface area contributed by atoms with Gasteiger partial charge in [0.1, 0.15) is 5.60 Å². The van der Waals surface area contributed by atoms with Crippen molar-refractivity contribution in [2.45, 2.75) is 84.0 Å². The number of nitrogens with zero attached hydrogens (tertiary/aromatic N) is 2. The maximum atomic E-state index is 13.1. The van der Waals surface area contributed by atoms with E-state index >= 15 is 0 Å². The number of amides is 3. The molecule has 1 aromatic carbocycles. The van der Waals surface area contributed by atoms with E-state index in [1.807, 2.05) is 42.5 Å². The maximum absolute atomic E-state index is 13.1. The Morgan fingerprint density at radius 2 is 1.92 bits per heavy atom. The van der Waals surface area contributed by atoms with Crippen molar-refractivity contribution in [2.75, 3.05) is 6.54 Å². The molecule has 3 amide bonds. The Hall–Kier alpha value is -2.79. The van der Waals surface area contributed by atoms with E-state index in [0.29, 0.717) is 37.4 Å². The monoisotopic (exact) mass is 515 g/mol. The van der Waals surface area contributed by atoms with E-state index in [0.717, 1.165) is 5.56 Å². The Kier molecular flexibility index (Phi) is 8.03. The topological polar surface area (TPSA) is 118 Å². The number of rotatable bonds is 7. The Bertz CT molecular complexity index is 1020. The van der Waals surface area contributed by atoms with Gasteiger partial charge >= 0.3 is 6.09 Å². The number of carbonyl (C=O) groups is 3. The van der Waals surface area contributed by atoms with E-state index < -0.39 is 47.2 Å². The molecule has 3 aliphatic rings. The number of nitrogens with one attached hydrogen (secondary N) is 1. The molecule has 2 fully saturated rings. The molecular weight excluding hydrogens is 478 g/mol. The van der Waals surface area contributed by atoms with Crippen LogP contribution in [0.4, 0.5) is 4.79 Å². The average molecular weight is 516 g/mol. The number of hydrogen-bond donors (Lipinski definition) is 2. The molecule has 0 spiro atoms. The number of carbonyl (C=O) groups excluding carboxylic acids is 3. The van der Waals surface area contributed by atoms with Crippen molar-refractivity contribution < 1.29 is 33.9 Å². The lowest BCUT2D eigenvalue weighted by molar-refractivity contribution is -0.263. The van der Waals surface area contributed by atoms with Crippen LogP contribution in [0.5, 0.6) is 0 Å². The van der Waals surface area contributed by atoms with Crippen LogP contribution in [0.25, 0.3) is 0 Å². The lowest BCUT2D eigenvalue weighted by atomic mass is 9.72. The summed E-state index contributed by atoms with van der Waals surface area (Å²) in [4.78, 5) is 51.8. The SMILES string of the molecule is CC(C)(C)OC(=O)N1C[C@H](NOCc2ccccc2)CC[C@H]1C(O)ON1C(=O)C2CC=CC[C@]2(C)C1=O. The number of piperidine rings is 1. The number of hydrogen-bond acceptors (Lipinski definition) is 8. The first-order valence-corrected chi connectivity index (χ1v) is 12.8. The smallest absolute Gasteiger partial charge is 0.410 e. The molecule has 0 aromatic heterocycles. The summed E-state index contributed by atoms with van der Waals surface area (Å²) in [5.41, 5.74) is 2.36. The molecule has 5 atom stereocenters. The van der Waals surface area contributed by atoms with Crippen molar-refractivity contribution in [3.05, 3.63) is 48.0 Å². The minimum Gasteiger partial charge on any atom is -0.444 e. The Morgan fingerprint density at radius 1 is 1.19 bits per heavy atom. The predicted octanol–water partition coefficient (Wildman–Crippen LogP) is 3.07. The highest BCUT2D eigenvalue weighted by atomic mass is 16.8. The molecule has 2 aliphatic heterocycles. The van der Waals surface area contributed by atoms with Gasteiger partial charge in [0.2, 0.25) is 6.29 Å². The normalized spacial score (nSPS) is 28.8. The molecular formula is C27H37N3O7. The number of imide groups is 1. The summed E-state index contributed by atoms with van der Waals surface area (Å²) >= 11 is 0. The van der Waals surface area contributed by atoms with Gasteiger partial charge in [0.25, 0.3) is 11.8 Å². The first kappa shape index (κ1) is 27.3. The van der Waals surface area contributed by atoms with Crippen LogP contribution in [0.1, 0.15) is 58.9 Å². The molecule has 4 rings (SSSR count). The molecule has 10 heteroatoms. The number of aliphatic hydroxyl groups is 1. The summed E-state index contributed by atoms with van der Waals surface area (Å²) < 4.78 is 5.58. The largest absolute Gasteiger partial charge is 0.444 e. The van der Waals surface area contributed by atoms with Crippen LogP contribution in [0.3, 0.4) is 0 Å². The van der Waals surface area contributed by atoms with E-state index in [9.17, 15) is 19.5 Å². The molecule has 2 unspecified atom stereocenters. The molecule has 1 aliphatic carbocycles. The molecule has 1 aromatic rings. The minimum absolute atomic E-state index is 0.181. The molecule has 0 saturated carbocycles.